The van der Waals surface area contributed by atoms with E-state index in [-0.39, 0.29) is 41.9 Å². The predicted octanol–water partition coefficient (Wildman–Crippen LogP) is 3.87. The number of pyridine rings is 3. The van der Waals surface area contributed by atoms with Crippen molar-refractivity contribution in [3.63, 3.8) is 0 Å². The lowest BCUT2D eigenvalue weighted by Crippen LogP contribution is -2.27. The normalized spacial score (nSPS) is 18.2. The van der Waals surface area contributed by atoms with E-state index in [1.807, 2.05) is 24.3 Å². The molecule has 2 aliphatic rings. The summed E-state index contributed by atoms with van der Waals surface area (Å²) in [4.78, 5) is 29.5. The third-order valence-corrected chi connectivity index (χ3v) is 9.19. The van der Waals surface area contributed by atoms with Gasteiger partial charge < -0.3 is 15.0 Å². The van der Waals surface area contributed by atoms with Gasteiger partial charge >= 0.3 is 0 Å². The number of carbonyl (C=O) groups is 1. The maximum Gasteiger partial charge on any atom is 0.251 e. The van der Waals surface area contributed by atoms with Crippen LogP contribution in [0.4, 0.5) is 5.82 Å². The van der Waals surface area contributed by atoms with Crippen molar-refractivity contribution in [3.05, 3.63) is 77.1 Å². The summed E-state index contributed by atoms with van der Waals surface area (Å²) in [6, 6.07) is 14.6. The zero-order chi connectivity index (χ0) is 27.1. The molecular weight excluding hydrogens is 514 g/mol. The molecule has 1 N–H and O–H groups in total. The van der Waals surface area contributed by atoms with Gasteiger partial charge in [-0.3, -0.25) is 9.78 Å². The summed E-state index contributed by atoms with van der Waals surface area (Å²) in [6.07, 6.45) is 2.85. The minimum absolute atomic E-state index is 0.0993. The molecule has 0 radical (unpaired) electrons. The van der Waals surface area contributed by atoms with Crippen LogP contribution in [0.2, 0.25) is 0 Å². The van der Waals surface area contributed by atoms with Crippen molar-refractivity contribution in [2.45, 2.75) is 37.3 Å². The van der Waals surface area contributed by atoms with Gasteiger partial charge in [-0.2, -0.15) is 0 Å². The molecule has 0 saturated carbocycles. The first-order valence-corrected chi connectivity index (χ1v) is 14.6. The first-order valence-electron chi connectivity index (χ1n) is 13.0. The van der Waals surface area contributed by atoms with E-state index in [4.69, 9.17) is 14.7 Å². The van der Waals surface area contributed by atoms with Crippen LogP contribution in [0.3, 0.4) is 0 Å². The first kappa shape index (κ1) is 25.4. The Bertz CT molecular complexity index is 1710. The summed E-state index contributed by atoms with van der Waals surface area (Å²) in [7, 11) is -1.43. The van der Waals surface area contributed by atoms with E-state index < -0.39 is 9.84 Å². The summed E-state index contributed by atoms with van der Waals surface area (Å²) in [5.41, 5.74) is 5.08. The molecule has 0 saturated heterocycles. The van der Waals surface area contributed by atoms with Crippen LogP contribution >= 0.6 is 0 Å². The van der Waals surface area contributed by atoms with Gasteiger partial charge in [-0.1, -0.05) is 19.1 Å². The van der Waals surface area contributed by atoms with Gasteiger partial charge in [0.25, 0.3) is 5.91 Å². The largest absolute Gasteiger partial charge is 0.376 e. The first-order chi connectivity index (χ1) is 18.8. The predicted molar refractivity (Wildman–Crippen MR) is 148 cm³/mol. The number of amides is 1. The fraction of sp³-hybridized carbons (Fsp3) is 0.310. The number of aromatic nitrogens is 3. The minimum Gasteiger partial charge on any atom is -0.376 e. The van der Waals surface area contributed by atoms with Gasteiger partial charge in [-0.05, 0) is 59.9 Å². The molecule has 4 aromatic rings. The Morgan fingerprint density at radius 1 is 1.10 bits per heavy atom. The SMILES string of the molecule is C[C@H]1CCN(C)c2nc(-c3ccc4cnc(CNC(=O)c5ccc6c(c5)S(=O)(=O)CCOC6)cc4n3)ccc21. The summed E-state index contributed by atoms with van der Waals surface area (Å²) < 4.78 is 30.5. The molecule has 1 amide bonds. The number of nitrogens with one attached hydrogen (secondary N) is 1. The quantitative estimate of drug-likeness (QED) is 0.413. The molecule has 6 rings (SSSR count). The monoisotopic (exact) mass is 543 g/mol. The Kier molecular flexibility index (Phi) is 6.52. The van der Waals surface area contributed by atoms with Gasteiger partial charge in [-0.15, -0.1) is 0 Å². The number of sulfone groups is 1. The minimum atomic E-state index is -3.50. The number of anilines is 1. The summed E-state index contributed by atoms with van der Waals surface area (Å²) >= 11 is 0. The van der Waals surface area contributed by atoms with E-state index in [2.05, 4.69) is 35.2 Å². The molecule has 0 fully saturated rings. The molecule has 0 bridgehead atoms. The summed E-state index contributed by atoms with van der Waals surface area (Å²) in [6.45, 7) is 3.74. The number of rotatable bonds is 4. The van der Waals surface area contributed by atoms with Gasteiger partial charge in [-0.25, -0.2) is 18.4 Å². The van der Waals surface area contributed by atoms with Gasteiger partial charge in [0.1, 0.15) is 5.82 Å². The van der Waals surface area contributed by atoms with Gasteiger partial charge in [0, 0.05) is 30.7 Å². The number of carbonyl (C=O) groups excluding carboxylic acids is 1. The fourth-order valence-corrected chi connectivity index (χ4v) is 6.47. The van der Waals surface area contributed by atoms with Gasteiger partial charge in [0.05, 0.1) is 53.0 Å². The molecule has 9 nitrogen and oxygen atoms in total. The lowest BCUT2D eigenvalue weighted by Gasteiger charge is -2.30. The molecule has 0 spiro atoms. The highest BCUT2D eigenvalue weighted by atomic mass is 32.2. The molecule has 200 valence electrons. The zero-order valence-electron chi connectivity index (χ0n) is 21.8. The number of hydrogen-bond acceptors (Lipinski definition) is 8. The zero-order valence-corrected chi connectivity index (χ0v) is 22.7. The second kappa shape index (κ2) is 10.0. The third kappa shape index (κ3) is 4.97. The van der Waals surface area contributed by atoms with Crippen LogP contribution in [-0.2, 0) is 27.7 Å². The van der Waals surface area contributed by atoms with Crippen LogP contribution in [0.1, 0.15) is 46.4 Å². The van der Waals surface area contributed by atoms with Crippen molar-refractivity contribution in [2.75, 3.05) is 30.9 Å². The van der Waals surface area contributed by atoms with Crippen molar-refractivity contribution >= 4 is 32.5 Å². The molecule has 0 aliphatic carbocycles. The highest BCUT2D eigenvalue weighted by Crippen LogP contribution is 2.34. The van der Waals surface area contributed by atoms with Crippen molar-refractivity contribution in [3.8, 4) is 11.4 Å². The molecule has 3 aromatic heterocycles. The van der Waals surface area contributed by atoms with Crippen molar-refractivity contribution in [2.24, 2.45) is 0 Å². The van der Waals surface area contributed by atoms with Crippen LogP contribution in [0.15, 0.2) is 59.6 Å². The lowest BCUT2D eigenvalue weighted by atomic mass is 9.94. The molecule has 2 aliphatic heterocycles. The highest BCUT2D eigenvalue weighted by molar-refractivity contribution is 7.91. The Hall–Kier alpha value is -3.89. The van der Waals surface area contributed by atoms with E-state index in [9.17, 15) is 13.2 Å². The Balaban J connectivity index is 1.22. The summed E-state index contributed by atoms with van der Waals surface area (Å²) in [5.74, 6) is 1.01. The third-order valence-electron chi connectivity index (χ3n) is 7.44. The van der Waals surface area contributed by atoms with Crippen LogP contribution in [0.25, 0.3) is 22.3 Å². The average molecular weight is 544 g/mol. The smallest absolute Gasteiger partial charge is 0.251 e. The number of hydrogen-bond donors (Lipinski definition) is 1. The van der Waals surface area contributed by atoms with E-state index in [0.717, 1.165) is 41.1 Å². The van der Waals surface area contributed by atoms with Crippen LogP contribution in [-0.4, -0.2) is 55.2 Å². The van der Waals surface area contributed by atoms with E-state index in [0.29, 0.717) is 17.2 Å². The standard InChI is InChI=1S/C29H29N5O4S/c1-18-9-10-34(2)28-23(18)6-8-25(33-28)24-7-5-20-15-30-22(14-26(20)32-24)16-31-29(35)19-3-4-21-17-38-11-12-39(36,37)27(21)13-19/h3-8,13-15,18H,9-12,16-17H2,1-2H3,(H,31,35)/t18-/m0/s1. The number of benzene rings is 1. The van der Waals surface area contributed by atoms with E-state index in [1.165, 1.54) is 11.6 Å². The topological polar surface area (TPSA) is 114 Å². The van der Waals surface area contributed by atoms with Gasteiger partial charge in [0.15, 0.2) is 9.84 Å². The molecule has 0 unspecified atom stereocenters. The Morgan fingerprint density at radius 2 is 1.92 bits per heavy atom. The number of fused-ring (bicyclic) bond motifs is 3. The molecule has 10 heteroatoms. The molecular formula is C29H29N5O4S. The molecule has 5 heterocycles. The maximum absolute atomic E-state index is 12.9. The highest BCUT2D eigenvalue weighted by Gasteiger charge is 2.24. The molecule has 1 aromatic carbocycles. The molecule has 1 atom stereocenters. The molecule has 39 heavy (non-hydrogen) atoms. The average Bonchev–Trinajstić information content (AvgIpc) is 3.10. The van der Waals surface area contributed by atoms with E-state index in [1.54, 1.807) is 18.3 Å². The van der Waals surface area contributed by atoms with Crippen LogP contribution < -0.4 is 10.2 Å². The number of ether oxygens (including phenoxy) is 1. The van der Waals surface area contributed by atoms with Gasteiger partial charge in [0.2, 0.25) is 0 Å². The Labute approximate surface area is 227 Å². The summed E-state index contributed by atoms with van der Waals surface area (Å²) in [5, 5.41) is 3.73. The van der Waals surface area contributed by atoms with Crippen molar-refractivity contribution in [1.29, 1.82) is 0 Å². The van der Waals surface area contributed by atoms with E-state index >= 15 is 0 Å². The fourth-order valence-electron chi connectivity index (χ4n) is 5.08. The van der Waals surface area contributed by atoms with Crippen molar-refractivity contribution in [1.82, 2.24) is 20.3 Å². The lowest BCUT2D eigenvalue weighted by molar-refractivity contribution is 0.0950. The second-order valence-corrected chi connectivity index (χ2v) is 12.2. The maximum atomic E-state index is 12.9. The number of nitrogens with zero attached hydrogens (tertiary/aromatic N) is 4. The van der Waals surface area contributed by atoms with Crippen LogP contribution in [0, 0.1) is 0 Å². The Morgan fingerprint density at radius 3 is 2.79 bits per heavy atom. The van der Waals surface area contributed by atoms with Crippen molar-refractivity contribution < 1.29 is 17.9 Å². The van der Waals surface area contributed by atoms with Crippen LogP contribution in [0.5, 0.6) is 0 Å². The second-order valence-electron chi connectivity index (χ2n) is 10.2.